The van der Waals surface area contributed by atoms with Crippen molar-refractivity contribution >= 4 is 17.9 Å². The molecule has 0 bridgehead atoms. The van der Waals surface area contributed by atoms with Crippen LogP contribution < -0.4 is 22.5 Å². The molecule has 0 spiro atoms. The molecule has 2 heterocycles. The molecule has 2 aromatic rings. The first-order valence-corrected chi connectivity index (χ1v) is 5.53. The summed E-state index contributed by atoms with van der Waals surface area (Å²) in [6.07, 6.45) is 0. The Bertz CT molecular complexity index is 652. The molecule has 2 amide bonds. The number of H-pyrrole nitrogens is 2. The van der Waals surface area contributed by atoms with Gasteiger partial charge in [-0.05, 0) is 0 Å². The molecular formula is C5H14N14O7. The fourth-order valence-electron chi connectivity index (χ4n) is 1.01. The minimum atomic E-state index is -0.963. The summed E-state index contributed by atoms with van der Waals surface area (Å²) >= 11 is 0. The number of quaternary nitrogens is 2. The van der Waals surface area contributed by atoms with E-state index in [1.54, 1.807) is 0 Å². The van der Waals surface area contributed by atoms with Gasteiger partial charge < -0.3 is 31.1 Å². The van der Waals surface area contributed by atoms with E-state index in [0.29, 0.717) is 0 Å². The number of rotatable bonds is 5. The molecule has 26 heavy (non-hydrogen) atoms. The van der Waals surface area contributed by atoms with Crippen LogP contribution in [0, 0.1) is 20.2 Å². The van der Waals surface area contributed by atoms with Crippen LogP contribution >= 0.6 is 0 Å². The number of hydrogen-bond donors (Lipinski definition) is 6. The maximum absolute atomic E-state index is 10.1. The summed E-state index contributed by atoms with van der Waals surface area (Å²) in [7, 11) is 0. The summed E-state index contributed by atoms with van der Waals surface area (Å²) in [6, 6.07) is -0.380. The molecule has 0 fully saturated rings. The number of carbonyl (C=O) groups excluding carboxylic acids is 1. The highest BCUT2D eigenvalue weighted by molar-refractivity contribution is 5.70. The van der Waals surface area contributed by atoms with Gasteiger partial charge in [-0.1, -0.05) is 10.9 Å². The van der Waals surface area contributed by atoms with Gasteiger partial charge in [-0.2, -0.15) is 10.9 Å². The van der Waals surface area contributed by atoms with E-state index in [2.05, 4.69) is 63.8 Å². The van der Waals surface area contributed by atoms with E-state index >= 15 is 0 Å². The predicted molar refractivity (Wildman–Crippen MR) is 76.5 cm³/mol. The number of aromatic nitrogens is 6. The number of hydrogen-bond acceptors (Lipinski definition) is 9. The number of amides is 2. The minimum Gasteiger partial charge on any atom is -0.412 e. The zero-order chi connectivity index (χ0) is 18.1. The molecule has 0 atom stereocenters. The van der Waals surface area contributed by atoms with Gasteiger partial charge in [0.15, 0.2) is 0 Å². The first-order valence-electron chi connectivity index (χ1n) is 5.53. The van der Waals surface area contributed by atoms with Crippen molar-refractivity contribution < 1.29 is 37.5 Å². The van der Waals surface area contributed by atoms with Gasteiger partial charge in [-0.15, -0.1) is 0 Å². The van der Waals surface area contributed by atoms with Crippen LogP contribution in [0.4, 0.5) is 16.7 Å². The molecule has 0 unspecified atom stereocenters. The van der Waals surface area contributed by atoms with Gasteiger partial charge in [0.1, 0.15) is 33.6 Å². The zero-order valence-corrected chi connectivity index (χ0v) is 12.5. The van der Waals surface area contributed by atoms with E-state index in [0.717, 1.165) is 0 Å². The first-order chi connectivity index (χ1) is 11.3. The highest BCUT2D eigenvalue weighted by Gasteiger charge is 2.04. The zero-order valence-electron chi connectivity index (χ0n) is 12.5. The lowest BCUT2D eigenvalue weighted by atomic mass is 10.6. The molecule has 21 heteroatoms. The van der Waals surface area contributed by atoms with Crippen molar-refractivity contribution in [2.45, 2.75) is 0 Å². The van der Waals surface area contributed by atoms with E-state index in [4.69, 9.17) is 0 Å². The quantitative estimate of drug-likeness (QED) is 0.212. The molecule has 0 aliphatic rings. The van der Waals surface area contributed by atoms with Gasteiger partial charge in [-0.3, -0.25) is 11.7 Å². The molecule has 146 valence electrons. The first kappa shape index (κ1) is 24.0. The highest BCUT2D eigenvalue weighted by Crippen LogP contribution is 2.18. The molecule has 0 aliphatic heterocycles. The van der Waals surface area contributed by atoms with Gasteiger partial charge in [0, 0.05) is 0 Å². The molecule has 21 nitrogen and oxygen atoms in total. The average molecular weight is 382 g/mol. The van der Waals surface area contributed by atoms with Gasteiger partial charge in [-0.25, -0.2) is 35.2 Å². The molecule has 14 N–H and O–H groups in total. The Morgan fingerprint density at radius 3 is 1.50 bits per heavy atom. The van der Waals surface area contributed by atoms with Gasteiger partial charge >= 0.3 is 6.03 Å². The van der Waals surface area contributed by atoms with E-state index in [1.165, 1.54) is 0 Å². The van der Waals surface area contributed by atoms with Crippen molar-refractivity contribution in [1.82, 2.24) is 41.2 Å². The van der Waals surface area contributed by atoms with Crippen molar-refractivity contribution in [1.29, 1.82) is 0 Å². The number of nitro groups is 2. The van der Waals surface area contributed by atoms with Crippen LogP contribution in [-0.4, -0.2) is 57.4 Å². The summed E-state index contributed by atoms with van der Waals surface area (Å²) in [4.78, 5) is 37.1. The molecule has 2 aromatic heterocycles. The SMILES string of the molecule is O.O.O=[N+]([O-])[N-]c1nc(-c2n[nH]c([N-][N+](=O)[O-])n2)n[nH]1.[NH3+]NC(=O)N[NH3+]. The number of nitrogens with zero attached hydrogens (tertiary/aromatic N) is 8. The average Bonchev–Trinajstić information content (AvgIpc) is 3.15. The normalized spacial score (nSPS) is 8.54. The van der Waals surface area contributed by atoms with Crippen LogP contribution in [0.3, 0.4) is 0 Å². The Morgan fingerprint density at radius 1 is 0.923 bits per heavy atom. The van der Waals surface area contributed by atoms with E-state index in [9.17, 15) is 25.0 Å². The minimum absolute atomic E-state index is 0. The summed E-state index contributed by atoms with van der Waals surface area (Å²) in [5, 5.41) is 29.6. The number of aromatic amines is 2. The van der Waals surface area contributed by atoms with Crippen LogP contribution in [0.1, 0.15) is 0 Å². The Balaban J connectivity index is 0. The maximum atomic E-state index is 10.1. The Kier molecular flexibility index (Phi) is 10.5. The number of carbonyl (C=O) groups is 1. The largest absolute Gasteiger partial charge is 0.412 e. The smallest absolute Gasteiger partial charge is 0.402 e. The van der Waals surface area contributed by atoms with E-state index in [1.807, 2.05) is 0 Å². The van der Waals surface area contributed by atoms with Gasteiger partial charge in [0.05, 0.1) is 0 Å². The summed E-state index contributed by atoms with van der Waals surface area (Å²) in [6.45, 7) is 0. The molecular weight excluding hydrogens is 368 g/mol. The predicted octanol–water partition coefficient (Wildman–Crippen LogP) is -5.07. The second-order valence-corrected chi connectivity index (χ2v) is 3.32. The van der Waals surface area contributed by atoms with Crippen molar-refractivity contribution in [3.8, 4) is 11.6 Å². The lowest BCUT2D eigenvalue weighted by Crippen LogP contribution is -2.77. The summed E-state index contributed by atoms with van der Waals surface area (Å²) in [5.41, 5.74) is 9.82. The molecule has 0 aliphatic carbocycles. The second-order valence-electron chi connectivity index (χ2n) is 3.32. The van der Waals surface area contributed by atoms with Crippen molar-refractivity contribution in [3.05, 3.63) is 31.1 Å². The third-order valence-corrected chi connectivity index (χ3v) is 1.82. The van der Waals surface area contributed by atoms with Crippen molar-refractivity contribution in [2.24, 2.45) is 0 Å². The lowest BCUT2D eigenvalue weighted by Gasteiger charge is -1.95. The Hall–Kier alpha value is -4.21. The lowest BCUT2D eigenvalue weighted by molar-refractivity contribution is -0.451. The number of urea groups is 1. The molecule has 0 aromatic carbocycles. The van der Waals surface area contributed by atoms with Crippen LogP contribution in [0.15, 0.2) is 0 Å². The van der Waals surface area contributed by atoms with Crippen LogP contribution in [0.5, 0.6) is 0 Å². The van der Waals surface area contributed by atoms with Crippen LogP contribution in [-0.2, 0) is 0 Å². The maximum Gasteiger partial charge on any atom is 0.402 e. The second kappa shape index (κ2) is 11.3. The van der Waals surface area contributed by atoms with Gasteiger partial charge in [0.25, 0.3) is 0 Å². The molecule has 0 radical (unpaired) electrons. The van der Waals surface area contributed by atoms with Gasteiger partial charge in [0.2, 0.25) is 0 Å². The van der Waals surface area contributed by atoms with Crippen molar-refractivity contribution in [3.63, 3.8) is 0 Å². The monoisotopic (exact) mass is 382 g/mol. The van der Waals surface area contributed by atoms with Crippen molar-refractivity contribution in [2.75, 3.05) is 0 Å². The standard InChI is InChI=1S/C4H2N10O4.CH6N4O.2H2O/c15-13(16)11-3-5-1(7-9-3)2-6-4(10-8-2)12-14(17)18;2-4-1(6)5-3;;/h(H2-2,5,6,7,8,9,10,11,12);2-3H2,(H2,4,5,6);2*1H2/q-2;;;/p+2. The fourth-order valence-corrected chi connectivity index (χ4v) is 1.01. The molecule has 0 saturated heterocycles. The molecule has 2 rings (SSSR count). The van der Waals surface area contributed by atoms with E-state index in [-0.39, 0.29) is 40.5 Å². The number of nitrogens with one attached hydrogen (secondary N) is 4. The Labute approximate surface area is 140 Å². The summed E-state index contributed by atoms with van der Waals surface area (Å²) < 4.78 is 0. The molecule has 0 saturated carbocycles. The highest BCUT2D eigenvalue weighted by atomic mass is 16.7. The third kappa shape index (κ3) is 7.87. The Morgan fingerprint density at radius 2 is 1.27 bits per heavy atom. The fraction of sp³-hybridized carbons (Fsp3) is 0. The summed E-state index contributed by atoms with van der Waals surface area (Å²) in [5.74, 6) is 5.17. The topological polar surface area (TPSA) is 357 Å². The third-order valence-electron chi connectivity index (χ3n) is 1.82. The van der Waals surface area contributed by atoms with Crippen LogP contribution in [0.25, 0.3) is 22.5 Å². The van der Waals surface area contributed by atoms with E-state index < -0.39 is 10.1 Å². The van der Waals surface area contributed by atoms with Crippen LogP contribution in [0.2, 0.25) is 0 Å².